The Hall–Kier alpha value is -2.68. The molecule has 43 heavy (non-hydrogen) atoms. The monoisotopic (exact) mass is 592 g/mol. The van der Waals surface area contributed by atoms with Gasteiger partial charge in [-0.25, -0.2) is 9.38 Å². The van der Waals surface area contributed by atoms with Crippen molar-refractivity contribution >= 4 is 23.1 Å². The first kappa shape index (κ1) is 30.4. The first-order chi connectivity index (χ1) is 20.3. The minimum absolute atomic E-state index is 0.0506. The quantitative estimate of drug-likeness (QED) is 0.356. The van der Waals surface area contributed by atoms with Crippen LogP contribution < -0.4 is 5.32 Å². The van der Waals surface area contributed by atoms with E-state index in [1.54, 1.807) is 12.1 Å². The van der Waals surface area contributed by atoms with Gasteiger partial charge in [-0.1, -0.05) is 39.3 Å². The van der Waals surface area contributed by atoms with Gasteiger partial charge in [0.25, 0.3) is 5.91 Å². The normalized spacial score (nSPS) is 40.7. The number of allylic oxidation sites excluding steroid dienone is 4. The van der Waals surface area contributed by atoms with Crippen molar-refractivity contribution in [3.8, 4) is 0 Å². The van der Waals surface area contributed by atoms with E-state index in [2.05, 4.69) is 26.1 Å². The summed E-state index contributed by atoms with van der Waals surface area (Å²) >= 11 is 0. The van der Waals surface area contributed by atoms with Crippen molar-refractivity contribution in [1.29, 1.82) is 0 Å². The van der Waals surface area contributed by atoms with Crippen LogP contribution in [-0.4, -0.2) is 63.7 Å². The van der Waals surface area contributed by atoms with Crippen molar-refractivity contribution in [2.75, 3.05) is 13.2 Å². The highest BCUT2D eigenvalue weighted by molar-refractivity contribution is 6.07. The number of carbonyl (C=O) groups excluding carboxylic acids is 2. The number of ketones is 1. The Labute approximate surface area is 253 Å². The number of Topliss-reactive ketones (excluding diaryl/α,β-unsaturated/α-hetero) is 1. The SMILES string of the molecule is CC(C)CC(C)CNC(=O)c1ccc(/N=C2\C=C[C@@]3(C)C(=C2)CC[C@H]2[C@@H]4C[C@@H](C)[C@@]5(C(=O)CO)O[C@]45C[C@H](O)[C@@]23F)cc1. The van der Waals surface area contributed by atoms with Crippen LogP contribution in [0.1, 0.15) is 77.1 Å². The number of carbonyl (C=O) groups is 2. The van der Waals surface area contributed by atoms with Gasteiger partial charge < -0.3 is 20.3 Å². The van der Waals surface area contributed by atoms with Crippen molar-refractivity contribution in [2.24, 2.45) is 40.0 Å². The average molecular weight is 593 g/mol. The van der Waals surface area contributed by atoms with Gasteiger partial charge in [0.1, 0.15) is 12.2 Å². The van der Waals surface area contributed by atoms with Gasteiger partial charge in [0.15, 0.2) is 17.1 Å². The summed E-state index contributed by atoms with van der Waals surface area (Å²) in [6.45, 7) is 10.3. The summed E-state index contributed by atoms with van der Waals surface area (Å²) in [4.78, 5) is 30.2. The third kappa shape index (κ3) is 4.34. The molecule has 8 heteroatoms. The molecule has 9 atom stereocenters. The number of nitrogens with zero attached hydrogens (tertiary/aromatic N) is 1. The van der Waals surface area contributed by atoms with Gasteiger partial charge in [-0.05, 0) is 92.7 Å². The molecule has 0 bridgehead atoms. The number of hydrogen-bond acceptors (Lipinski definition) is 6. The zero-order valence-electron chi connectivity index (χ0n) is 25.9. The Balaban J connectivity index is 1.19. The molecule has 3 N–H and O–H groups in total. The number of amides is 1. The minimum Gasteiger partial charge on any atom is -0.390 e. The van der Waals surface area contributed by atoms with Gasteiger partial charge in [-0.3, -0.25) is 9.59 Å². The molecular formula is C35H45FN2O5. The predicted octanol–water partition coefficient (Wildman–Crippen LogP) is 5.28. The van der Waals surface area contributed by atoms with Gasteiger partial charge in [-0.15, -0.1) is 0 Å². The number of alkyl halides is 1. The summed E-state index contributed by atoms with van der Waals surface area (Å²) in [6.07, 6.45) is 7.26. The van der Waals surface area contributed by atoms with E-state index < -0.39 is 40.9 Å². The smallest absolute Gasteiger partial charge is 0.251 e. The molecule has 232 valence electrons. The molecular weight excluding hydrogens is 547 g/mol. The Morgan fingerprint density at radius 2 is 1.91 bits per heavy atom. The molecule has 1 saturated heterocycles. The van der Waals surface area contributed by atoms with Gasteiger partial charge >= 0.3 is 0 Å². The lowest BCUT2D eigenvalue weighted by Crippen LogP contribution is -2.66. The number of aliphatic imine (C=N–C) groups is 1. The maximum Gasteiger partial charge on any atom is 0.251 e. The zero-order valence-corrected chi connectivity index (χ0v) is 25.9. The highest BCUT2D eigenvalue weighted by Gasteiger charge is 2.87. The molecule has 1 aliphatic heterocycles. The van der Waals surface area contributed by atoms with Gasteiger partial charge in [0.2, 0.25) is 0 Å². The van der Waals surface area contributed by atoms with E-state index in [0.717, 1.165) is 12.0 Å². The van der Waals surface area contributed by atoms with Crippen LogP contribution in [0.3, 0.4) is 0 Å². The summed E-state index contributed by atoms with van der Waals surface area (Å²) in [5.41, 5.74) is -2.05. The molecule has 5 aliphatic rings. The van der Waals surface area contributed by atoms with Crippen LogP contribution >= 0.6 is 0 Å². The Kier molecular flexibility index (Phi) is 7.38. The third-order valence-corrected chi connectivity index (χ3v) is 11.4. The lowest BCUT2D eigenvalue weighted by Gasteiger charge is -2.59. The molecule has 1 amide bonds. The molecule has 4 fully saturated rings. The number of fused-ring (bicyclic) bond motifs is 4. The van der Waals surface area contributed by atoms with E-state index >= 15 is 4.39 Å². The maximum atomic E-state index is 17.5. The molecule has 1 unspecified atom stereocenters. The summed E-state index contributed by atoms with van der Waals surface area (Å²) in [7, 11) is 0. The van der Waals surface area contributed by atoms with Crippen molar-refractivity contribution in [3.05, 3.63) is 53.6 Å². The molecule has 0 radical (unpaired) electrons. The molecule has 1 heterocycles. The van der Waals surface area contributed by atoms with Crippen LogP contribution in [0.25, 0.3) is 0 Å². The van der Waals surface area contributed by atoms with Crippen LogP contribution in [-0.2, 0) is 9.53 Å². The molecule has 6 rings (SSSR count). The Morgan fingerprint density at radius 1 is 1.19 bits per heavy atom. The molecule has 4 aliphatic carbocycles. The Morgan fingerprint density at radius 3 is 2.58 bits per heavy atom. The zero-order chi connectivity index (χ0) is 30.9. The van der Waals surface area contributed by atoms with E-state index in [-0.39, 0.29) is 29.9 Å². The van der Waals surface area contributed by atoms with Crippen LogP contribution in [0.2, 0.25) is 0 Å². The van der Waals surface area contributed by atoms with Crippen LogP contribution in [0.15, 0.2) is 53.1 Å². The molecule has 1 aromatic carbocycles. The maximum absolute atomic E-state index is 17.5. The second-order valence-corrected chi connectivity index (χ2v) is 14.4. The van der Waals surface area contributed by atoms with Crippen molar-refractivity contribution in [2.45, 2.75) is 89.7 Å². The minimum atomic E-state index is -1.92. The van der Waals surface area contributed by atoms with Crippen LogP contribution in [0, 0.1) is 35.0 Å². The molecule has 0 aromatic heterocycles. The lowest BCUT2D eigenvalue weighted by molar-refractivity contribution is -0.179. The summed E-state index contributed by atoms with van der Waals surface area (Å²) in [5.74, 6) is -0.252. The van der Waals surface area contributed by atoms with E-state index in [9.17, 15) is 19.8 Å². The predicted molar refractivity (Wildman–Crippen MR) is 163 cm³/mol. The lowest BCUT2D eigenvalue weighted by atomic mass is 9.48. The number of ether oxygens (including phenoxy) is 1. The van der Waals surface area contributed by atoms with Crippen molar-refractivity contribution in [1.82, 2.24) is 5.32 Å². The molecule has 3 saturated carbocycles. The van der Waals surface area contributed by atoms with Gasteiger partial charge in [0, 0.05) is 29.9 Å². The fraction of sp³-hybridized carbons (Fsp3) is 0.629. The molecule has 1 aromatic rings. The number of nitrogens with one attached hydrogen (secondary N) is 1. The summed E-state index contributed by atoms with van der Waals surface area (Å²) < 4.78 is 23.7. The Bertz CT molecular complexity index is 1400. The highest BCUT2D eigenvalue weighted by Crippen LogP contribution is 2.76. The number of halogens is 1. The van der Waals surface area contributed by atoms with Crippen molar-refractivity contribution in [3.63, 3.8) is 0 Å². The van der Waals surface area contributed by atoms with Crippen molar-refractivity contribution < 1.29 is 28.9 Å². The number of aliphatic hydroxyl groups is 2. The topological polar surface area (TPSA) is 112 Å². The number of rotatable bonds is 8. The number of benzene rings is 1. The van der Waals surface area contributed by atoms with E-state index in [4.69, 9.17) is 9.73 Å². The van der Waals surface area contributed by atoms with E-state index in [1.165, 1.54) is 0 Å². The van der Waals surface area contributed by atoms with Crippen LogP contribution in [0.4, 0.5) is 10.1 Å². The fourth-order valence-electron chi connectivity index (χ4n) is 9.42. The highest BCUT2D eigenvalue weighted by atomic mass is 19.1. The summed E-state index contributed by atoms with van der Waals surface area (Å²) in [5, 5.41) is 24.2. The molecule has 7 nitrogen and oxygen atoms in total. The van der Waals surface area contributed by atoms with Gasteiger partial charge in [0.05, 0.1) is 17.5 Å². The number of hydrogen-bond donors (Lipinski definition) is 3. The summed E-state index contributed by atoms with van der Waals surface area (Å²) in [6, 6.07) is 7.17. The molecule has 1 spiro atoms. The second-order valence-electron chi connectivity index (χ2n) is 14.4. The van der Waals surface area contributed by atoms with Crippen LogP contribution in [0.5, 0.6) is 0 Å². The fourth-order valence-corrected chi connectivity index (χ4v) is 9.42. The third-order valence-electron chi connectivity index (χ3n) is 11.4. The first-order valence-electron chi connectivity index (χ1n) is 15.9. The largest absolute Gasteiger partial charge is 0.390 e. The number of epoxide rings is 1. The first-order valence-corrected chi connectivity index (χ1v) is 15.9. The standard InChI is InChI=1S/C35H45FN2O5/c1-20(2)14-21(3)18-37-31(42)23-6-9-25(10-7-23)38-26-12-13-32(5)24(16-26)8-11-27-28-15-22(4)35(30(41)19-39)33(28,43-35)17-29(40)34(27,32)36/h6-7,9-10,12-13,16,20-22,27-29,39-40H,8,11,14-15,17-19H2,1-5H3,(H,37,42)/b38-26+/t21?,22-,27+,28+,29+,32+,33-,34+,35+/m1/s1. The number of aliphatic hydroxyl groups excluding tert-OH is 2. The second kappa shape index (κ2) is 10.5. The van der Waals surface area contributed by atoms with Gasteiger partial charge in [-0.2, -0.15) is 0 Å². The van der Waals surface area contributed by atoms with E-state index in [0.29, 0.717) is 54.6 Å². The van der Waals surface area contributed by atoms with E-state index in [1.807, 2.05) is 44.2 Å². The average Bonchev–Trinajstić information content (AvgIpc) is 3.57.